The van der Waals surface area contributed by atoms with Gasteiger partial charge in [0, 0.05) is 12.1 Å². The molecule has 1 aromatic carbocycles. The van der Waals surface area contributed by atoms with Crippen LogP contribution in [0.15, 0.2) is 18.2 Å². The molecule has 0 radical (unpaired) electrons. The first-order valence-corrected chi connectivity index (χ1v) is 5.51. The maximum atomic E-state index is 13.3. The van der Waals surface area contributed by atoms with Crippen LogP contribution in [0.4, 0.5) is 23.2 Å². The van der Waals surface area contributed by atoms with Crippen LogP contribution in [-0.4, -0.2) is 9.91 Å². The van der Waals surface area contributed by atoms with Crippen LogP contribution in [0.25, 0.3) is 0 Å². The molecular weight excluding hydrogens is 320 g/mol. The van der Waals surface area contributed by atoms with E-state index in [9.17, 15) is 27.7 Å². The Morgan fingerprint density at radius 3 is 2.19 bits per heavy atom. The smallest absolute Gasteiger partial charge is 0.288 e. The lowest BCUT2D eigenvalue weighted by molar-refractivity contribution is -0.384. The van der Waals surface area contributed by atoms with Crippen molar-refractivity contribution < 1.29 is 27.2 Å². The second kappa shape index (κ2) is 5.52. The summed E-state index contributed by atoms with van der Waals surface area (Å²) >= 11 is 5.56. The number of benzene rings is 1. The van der Waals surface area contributed by atoms with E-state index in [0.717, 1.165) is 18.2 Å². The highest BCUT2D eigenvalue weighted by Gasteiger charge is 2.23. The van der Waals surface area contributed by atoms with Crippen molar-refractivity contribution in [2.45, 2.75) is 0 Å². The highest BCUT2D eigenvalue weighted by Crippen LogP contribution is 2.33. The lowest BCUT2D eigenvalue weighted by atomic mass is 10.3. The van der Waals surface area contributed by atoms with E-state index < -0.39 is 39.9 Å². The monoisotopic (exact) mass is 322 g/mol. The number of nitro benzene ring substituents is 1. The van der Waals surface area contributed by atoms with E-state index in [1.807, 2.05) is 0 Å². The molecule has 1 heterocycles. The molecule has 0 atom stereocenters. The van der Waals surface area contributed by atoms with E-state index >= 15 is 0 Å². The van der Waals surface area contributed by atoms with Crippen molar-refractivity contribution in [1.29, 1.82) is 0 Å². The van der Waals surface area contributed by atoms with E-state index in [2.05, 4.69) is 9.72 Å². The summed E-state index contributed by atoms with van der Waals surface area (Å²) in [5, 5.41) is 10.2. The Labute approximate surface area is 118 Å². The van der Waals surface area contributed by atoms with Gasteiger partial charge in [0.25, 0.3) is 17.6 Å². The first kappa shape index (κ1) is 15.0. The minimum Gasteiger partial charge on any atom is -0.451 e. The molecule has 0 saturated heterocycles. The summed E-state index contributed by atoms with van der Waals surface area (Å²) in [6, 6.07) is 2.73. The minimum atomic E-state index is -1.89. The van der Waals surface area contributed by atoms with Crippen LogP contribution >= 0.6 is 11.6 Å². The average Bonchev–Trinajstić information content (AvgIpc) is 2.41. The third-order valence-corrected chi connectivity index (χ3v) is 2.60. The second-order valence-corrected chi connectivity index (χ2v) is 4.03. The van der Waals surface area contributed by atoms with Crippen molar-refractivity contribution >= 4 is 17.3 Å². The Balaban J connectivity index is 2.44. The Kier molecular flexibility index (Phi) is 3.94. The number of ether oxygens (including phenoxy) is 1. The maximum absolute atomic E-state index is 13.3. The zero-order chi connectivity index (χ0) is 15.7. The molecule has 0 saturated carbocycles. The zero-order valence-corrected chi connectivity index (χ0v) is 10.5. The summed E-state index contributed by atoms with van der Waals surface area (Å²) in [7, 11) is 0. The fraction of sp³-hybridized carbons (Fsp3) is 0. The first-order chi connectivity index (χ1) is 9.81. The van der Waals surface area contributed by atoms with Crippen molar-refractivity contribution in [2.75, 3.05) is 0 Å². The fourth-order valence-electron chi connectivity index (χ4n) is 1.37. The van der Waals surface area contributed by atoms with E-state index in [1.54, 1.807) is 0 Å². The predicted molar refractivity (Wildman–Crippen MR) is 62.2 cm³/mol. The molecule has 0 aliphatic heterocycles. The van der Waals surface area contributed by atoms with Gasteiger partial charge in [0.05, 0.1) is 4.92 Å². The Hall–Kier alpha value is -2.42. The van der Waals surface area contributed by atoms with Crippen molar-refractivity contribution in [3.05, 3.63) is 56.9 Å². The number of aromatic nitrogens is 1. The molecule has 10 heteroatoms. The van der Waals surface area contributed by atoms with Gasteiger partial charge in [-0.1, -0.05) is 11.6 Å². The summed E-state index contributed by atoms with van der Waals surface area (Å²) in [4.78, 5) is 12.1. The molecule has 0 spiro atoms. The van der Waals surface area contributed by atoms with Crippen LogP contribution in [-0.2, 0) is 0 Å². The maximum Gasteiger partial charge on any atom is 0.288 e. The summed E-state index contributed by atoms with van der Waals surface area (Å²) in [6.45, 7) is 0. The molecule has 2 aromatic rings. The number of hydrogen-bond acceptors (Lipinski definition) is 4. The molecular formula is C11H3ClF4N2O3. The van der Waals surface area contributed by atoms with Crippen molar-refractivity contribution in [2.24, 2.45) is 0 Å². The van der Waals surface area contributed by atoms with Gasteiger partial charge in [-0.25, -0.2) is 0 Å². The van der Waals surface area contributed by atoms with Gasteiger partial charge in [-0.15, -0.1) is 0 Å². The van der Waals surface area contributed by atoms with Crippen LogP contribution in [0.2, 0.25) is 5.02 Å². The molecule has 0 unspecified atom stereocenters. The van der Waals surface area contributed by atoms with Crippen molar-refractivity contribution in [3.8, 4) is 11.5 Å². The van der Waals surface area contributed by atoms with E-state index in [4.69, 9.17) is 11.6 Å². The number of pyridine rings is 1. The number of rotatable bonds is 3. The van der Waals surface area contributed by atoms with E-state index in [1.165, 1.54) is 0 Å². The molecule has 2 rings (SSSR count). The summed E-state index contributed by atoms with van der Waals surface area (Å²) in [5.74, 6) is -9.20. The first-order valence-electron chi connectivity index (χ1n) is 5.13. The second-order valence-electron chi connectivity index (χ2n) is 3.62. The standard InChI is InChI=1S/C11H3ClF4N2O3/c12-5-3-4(1-2-6(5)18(19)20)21-9-7(13)10(15)17-11(16)8(9)14/h1-3H. The summed E-state index contributed by atoms with van der Waals surface area (Å²) < 4.78 is 57.1. The minimum absolute atomic E-state index is 0.353. The van der Waals surface area contributed by atoms with E-state index in [0.29, 0.717) is 0 Å². The highest BCUT2D eigenvalue weighted by molar-refractivity contribution is 6.32. The average molecular weight is 323 g/mol. The van der Waals surface area contributed by atoms with Gasteiger partial charge in [0.2, 0.25) is 17.4 Å². The Morgan fingerprint density at radius 2 is 1.71 bits per heavy atom. The SMILES string of the molecule is O=[N+]([O-])c1ccc(Oc2c(F)c(F)nc(F)c2F)cc1Cl. The summed E-state index contributed by atoms with van der Waals surface area (Å²) in [6.07, 6.45) is 0. The topological polar surface area (TPSA) is 65.3 Å². The molecule has 0 aliphatic carbocycles. The Bertz CT molecular complexity index is 716. The highest BCUT2D eigenvalue weighted by atomic mass is 35.5. The van der Waals surface area contributed by atoms with Crippen LogP contribution in [0, 0.1) is 33.6 Å². The molecule has 0 aliphatic rings. The van der Waals surface area contributed by atoms with Gasteiger partial charge in [-0.2, -0.15) is 22.5 Å². The largest absolute Gasteiger partial charge is 0.451 e. The van der Waals surface area contributed by atoms with Gasteiger partial charge < -0.3 is 4.74 Å². The molecule has 0 bridgehead atoms. The number of nitrogens with zero attached hydrogens (tertiary/aromatic N) is 2. The number of nitro groups is 1. The van der Waals surface area contributed by atoms with Crippen LogP contribution < -0.4 is 4.74 Å². The van der Waals surface area contributed by atoms with Crippen molar-refractivity contribution in [3.63, 3.8) is 0 Å². The molecule has 0 amide bonds. The molecule has 21 heavy (non-hydrogen) atoms. The van der Waals surface area contributed by atoms with Crippen LogP contribution in [0.3, 0.4) is 0 Å². The third-order valence-electron chi connectivity index (χ3n) is 2.29. The van der Waals surface area contributed by atoms with Gasteiger partial charge in [-0.3, -0.25) is 10.1 Å². The summed E-state index contributed by atoms with van der Waals surface area (Å²) in [5.41, 5.74) is -0.475. The van der Waals surface area contributed by atoms with Gasteiger partial charge >= 0.3 is 0 Å². The number of halogens is 5. The lowest BCUT2D eigenvalue weighted by Crippen LogP contribution is -2.03. The molecule has 1 aromatic heterocycles. The van der Waals surface area contributed by atoms with E-state index in [-0.39, 0.29) is 10.8 Å². The molecule has 0 N–H and O–H groups in total. The van der Waals surface area contributed by atoms with Gasteiger partial charge in [0.15, 0.2) is 0 Å². The normalized spacial score (nSPS) is 10.5. The predicted octanol–water partition coefficient (Wildman–Crippen LogP) is 3.99. The molecule has 0 fully saturated rings. The van der Waals surface area contributed by atoms with Gasteiger partial charge in [-0.05, 0) is 6.07 Å². The van der Waals surface area contributed by atoms with Crippen LogP contribution in [0.5, 0.6) is 11.5 Å². The molecule has 110 valence electrons. The fourth-order valence-corrected chi connectivity index (χ4v) is 1.61. The van der Waals surface area contributed by atoms with Crippen molar-refractivity contribution in [1.82, 2.24) is 4.98 Å². The third kappa shape index (κ3) is 2.87. The lowest BCUT2D eigenvalue weighted by Gasteiger charge is -2.08. The zero-order valence-electron chi connectivity index (χ0n) is 9.74. The van der Waals surface area contributed by atoms with Gasteiger partial charge in [0.1, 0.15) is 10.8 Å². The number of hydrogen-bond donors (Lipinski definition) is 0. The quantitative estimate of drug-likeness (QED) is 0.371. The Morgan fingerprint density at radius 1 is 1.14 bits per heavy atom. The molecule has 5 nitrogen and oxygen atoms in total. The van der Waals surface area contributed by atoms with Crippen LogP contribution in [0.1, 0.15) is 0 Å².